The van der Waals surface area contributed by atoms with E-state index in [1.165, 1.54) is 29.4 Å². The number of halogens is 1. The van der Waals surface area contributed by atoms with E-state index in [0.29, 0.717) is 11.3 Å². The number of aromatic nitrogens is 2. The van der Waals surface area contributed by atoms with Gasteiger partial charge in [-0.1, -0.05) is 23.9 Å². The van der Waals surface area contributed by atoms with Gasteiger partial charge >= 0.3 is 0 Å². The number of hydrogen-bond acceptors (Lipinski definition) is 5. The summed E-state index contributed by atoms with van der Waals surface area (Å²) in [7, 11) is 0. The molecule has 0 unspecified atom stereocenters. The number of benzene rings is 1. The molecule has 0 aliphatic rings. The van der Waals surface area contributed by atoms with Crippen LogP contribution in [0, 0.1) is 24.1 Å². The molecule has 0 aliphatic heterocycles. The Hall–Kier alpha value is -1.45. The summed E-state index contributed by atoms with van der Waals surface area (Å²) in [6.07, 6.45) is 0. The maximum absolute atomic E-state index is 13.7. The topological polar surface area (TPSA) is 49.6 Å². The Morgan fingerprint density at radius 1 is 1.53 bits per heavy atom. The number of thioether (sulfide) groups is 1. The molecule has 0 bridgehead atoms. The van der Waals surface area contributed by atoms with Gasteiger partial charge in [0.1, 0.15) is 17.7 Å². The molecule has 0 atom stereocenters. The first kappa shape index (κ1) is 12.0. The second kappa shape index (κ2) is 5.25. The molecule has 0 N–H and O–H groups in total. The predicted molar refractivity (Wildman–Crippen MR) is 65.3 cm³/mol. The van der Waals surface area contributed by atoms with Crippen LogP contribution >= 0.6 is 23.3 Å². The van der Waals surface area contributed by atoms with Crippen LogP contribution in [0.4, 0.5) is 4.39 Å². The minimum atomic E-state index is -0.441. The Morgan fingerprint density at radius 3 is 3.00 bits per heavy atom. The monoisotopic (exact) mass is 265 g/mol. The van der Waals surface area contributed by atoms with E-state index in [9.17, 15) is 4.39 Å². The highest BCUT2D eigenvalue weighted by Gasteiger charge is 2.09. The van der Waals surface area contributed by atoms with Crippen LogP contribution < -0.4 is 0 Å². The van der Waals surface area contributed by atoms with Crippen molar-refractivity contribution in [3.05, 3.63) is 41.0 Å². The fraction of sp³-hybridized carbons (Fsp3) is 0.182. The van der Waals surface area contributed by atoms with Crippen LogP contribution in [0.5, 0.6) is 0 Å². The highest BCUT2D eigenvalue weighted by atomic mass is 32.2. The minimum absolute atomic E-state index is 0.0801. The fourth-order valence-corrected chi connectivity index (χ4v) is 2.88. The molecule has 3 nitrogen and oxygen atoms in total. The third-order valence-corrected chi connectivity index (χ3v) is 4.03. The van der Waals surface area contributed by atoms with Crippen LogP contribution in [0.2, 0.25) is 0 Å². The van der Waals surface area contributed by atoms with Gasteiger partial charge in [-0.25, -0.2) is 9.37 Å². The third-order valence-electron chi connectivity index (χ3n) is 2.06. The van der Waals surface area contributed by atoms with Crippen molar-refractivity contribution in [2.45, 2.75) is 17.0 Å². The summed E-state index contributed by atoms with van der Waals surface area (Å²) in [6, 6.07) is 6.66. The number of rotatable bonds is 3. The molecule has 6 heteroatoms. The highest BCUT2D eigenvalue weighted by molar-refractivity contribution is 8.00. The summed E-state index contributed by atoms with van der Waals surface area (Å²) >= 11 is 2.72. The number of nitriles is 1. The minimum Gasteiger partial charge on any atom is -0.213 e. The molecule has 0 amide bonds. The lowest BCUT2D eigenvalue weighted by molar-refractivity contribution is 0.613. The molecule has 0 aliphatic carbocycles. The quantitative estimate of drug-likeness (QED) is 0.800. The normalized spacial score (nSPS) is 10.2. The zero-order valence-electron chi connectivity index (χ0n) is 8.98. The fourth-order valence-electron chi connectivity index (χ4n) is 1.25. The largest absolute Gasteiger partial charge is 0.213 e. The average Bonchev–Trinajstić information content (AvgIpc) is 2.74. The van der Waals surface area contributed by atoms with E-state index < -0.39 is 5.82 Å². The molecule has 86 valence electrons. The summed E-state index contributed by atoms with van der Waals surface area (Å²) in [6.45, 7) is 1.82. The molecule has 17 heavy (non-hydrogen) atoms. The number of aryl methyl sites for hydroxylation is 1. The molecule has 2 aromatic rings. The van der Waals surface area contributed by atoms with Crippen molar-refractivity contribution in [1.29, 1.82) is 5.26 Å². The van der Waals surface area contributed by atoms with E-state index in [1.807, 2.05) is 13.0 Å². The first-order chi connectivity index (χ1) is 8.20. The molecule has 0 radical (unpaired) electrons. The standard InChI is InChI=1S/C11H8FN3S2/c1-7-14-11(17-15-7)16-6-9-4-2-3-8(5-13)10(9)12/h2-4H,6H2,1H3. The number of nitrogens with zero attached hydrogens (tertiary/aromatic N) is 3. The Kier molecular flexibility index (Phi) is 3.71. The summed E-state index contributed by atoms with van der Waals surface area (Å²) in [5.41, 5.74) is 0.596. The molecule has 1 aromatic carbocycles. The molecule has 0 saturated heterocycles. The zero-order chi connectivity index (χ0) is 12.3. The van der Waals surface area contributed by atoms with Crippen molar-refractivity contribution in [2.24, 2.45) is 0 Å². The van der Waals surface area contributed by atoms with Crippen molar-refractivity contribution in [1.82, 2.24) is 9.36 Å². The van der Waals surface area contributed by atoms with Gasteiger partial charge in [0.15, 0.2) is 4.34 Å². The Balaban J connectivity index is 2.12. The summed E-state index contributed by atoms with van der Waals surface area (Å²) < 4.78 is 18.6. The van der Waals surface area contributed by atoms with Crippen LogP contribution in [0.1, 0.15) is 17.0 Å². The first-order valence-corrected chi connectivity index (χ1v) is 6.57. The Bertz CT molecular complexity index is 574. The summed E-state index contributed by atoms with van der Waals surface area (Å²) in [5.74, 6) is 0.739. The van der Waals surface area contributed by atoms with Gasteiger partial charge in [-0.3, -0.25) is 0 Å². The van der Waals surface area contributed by atoms with Crippen molar-refractivity contribution < 1.29 is 4.39 Å². The van der Waals surface area contributed by atoms with Crippen LogP contribution in [0.15, 0.2) is 22.5 Å². The van der Waals surface area contributed by atoms with E-state index >= 15 is 0 Å². The molecule has 1 aromatic heterocycles. The second-order valence-corrected chi connectivity index (χ2v) is 5.26. The lowest BCUT2D eigenvalue weighted by atomic mass is 10.1. The van der Waals surface area contributed by atoms with Gasteiger partial charge in [0.05, 0.1) is 5.56 Å². The van der Waals surface area contributed by atoms with Crippen LogP contribution in [-0.4, -0.2) is 9.36 Å². The van der Waals surface area contributed by atoms with Crippen LogP contribution in [-0.2, 0) is 5.75 Å². The molecule has 2 rings (SSSR count). The van der Waals surface area contributed by atoms with Gasteiger partial charge in [-0.15, -0.1) is 0 Å². The summed E-state index contributed by atoms with van der Waals surface area (Å²) in [5, 5.41) is 8.71. The van der Waals surface area contributed by atoms with E-state index in [-0.39, 0.29) is 5.56 Å². The van der Waals surface area contributed by atoms with Crippen molar-refractivity contribution in [3.8, 4) is 6.07 Å². The lowest BCUT2D eigenvalue weighted by Crippen LogP contribution is -1.91. The van der Waals surface area contributed by atoms with E-state index in [0.717, 1.165) is 10.2 Å². The molecule has 0 fully saturated rings. The van der Waals surface area contributed by atoms with Crippen LogP contribution in [0.25, 0.3) is 0 Å². The van der Waals surface area contributed by atoms with Crippen LogP contribution in [0.3, 0.4) is 0 Å². The molecule has 0 spiro atoms. The van der Waals surface area contributed by atoms with Gasteiger partial charge in [-0.05, 0) is 30.1 Å². The van der Waals surface area contributed by atoms with Gasteiger partial charge in [-0.2, -0.15) is 9.64 Å². The van der Waals surface area contributed by atoms with Gasteiger partial charge in [0, 0.05) is 5.75 Å². The number of hydrogen-bond donors (Lipinski definition) is 0. The predicted octanol–water partition coefficient (Wildman–Crippen LogP) is 3.15. The average molecular weight is 265 g/mol. The maximum atomic E-state index is 13.7. The zero-order valence-corrected chi connectivity index (χ0v) is 10.6. The summed E-state index contributed by atoms with van der Waals surface area (Å²) in [4.78, 5) is 4.18. The van der Waals surface area contributed by atoms with Crippen molar-refractivity contribution >= 4 is 23.3 Å². The molecular formula is C11H8FN3S2. The van der Waals surface area contributed by atoms with Crippen molar-refractivity contribution in [3.63, 3.8) is 0 Å². The van der Waals surface area contributed by atoms with E-state index in [1.54, 1.807) is 12.1 Å². The molecular weight excluding hydrogens is 257 g/mol. The van der Waals surface area contributed by atoms with E-state index in [4.69, 9.17) is 5.26 Å². The van der Waals surface area contributed by atoms with Gasteiger partial charge < -0.3 is 0 Å². The Morgan fingerprint density at radius 2 is 2.35 bits per heavy atom. The smallest absolute Gasteiger partial charge is 0.170 e. The van der Waals surface area contributed by atoms with Crippen molar-refractivity contribution in [2.75, 3.05) is 0 Å². The SMILES string of the molecule is Cc1nsc(SCc2cccc(C#N)c2F)n1. The Labute approximate surface area is 106 Å². The third kappa shape index (κ3) is 2.81. The lowest BCUT2D eigenvalue weighted by Gasteiger charge is -2.01. The molecule has 1 heterocycles. The highest BCUT2D eigenvalue weighted by Crippen LogP contribution is 2.26. The molecule has 0 saturated carbocycles. The van der Waals surface area contributed by atoms with E-state index in [2.05, 4.69) is 9.36 Å². The van der Waals surface area contributed by atoms with Gasteiger partial charge in [0.2, 0.25) is 0 Å². The first-order valence-electron chi connectivity index (χ1n) is 4.81. The second-order valence-electron chi connectivity index (χ2n) is 3.29. The maximum Gasteiger partial charge on any atom is 0.170 e. The van der Waals surface area contributed by atoms with Gasteiger partial charge in [0.25, 0.3) is 0 Å².